The molecule has 7 nitrogen and oxygen atoms in total. The Morgan fingerprint density at radius 2 is 1.89 bits per heavy atom. The number of nitrogens with one attached hydrogen (secondary N) is 1. The Labute approximate surface area is 206 Å². The van der Waals surface area contributed by atoms with Gasteiger partial charge in [-0.3, -0.25) is 4.79 Å². The van der Waals surface area contributed by atoms with Gasteiger partial charge in [0.25, 0.3) is 0 Å². The standard InChI is InChI=1S/C28H33N3O4/c1-34-24-9-7-20(8-10-24)28-30-16-13-23(31-28)4-2-14-29-15-3-17-35-25-11-12-26-21(18-25)5-6-22(26)19-27(32)33/h7-13,16,18,22,29H,2-6,14-15,17,19H2,1H3,(H,32,33)/t22-/m0/s1. The summed E-state index contributed by atoms with van der Waals surface area (Å²) in [6.07, 6.45) is 6.69. The molecule has 2 N–H and O–H groups in total. The van der Waals surface area contributed by atoms with Crippen LogP contribution in [-0.2, 0) is 17.6 Å². The summed E-state index contributed by atoms with van der Waals surface area (Å²) in [6, 6.07) is 15.8. The van der Waals surface area contributed by atoms with Gasteiger partial charge in [-0.2, -0.15) is 0 Å². The summed E-state index contributed by atoms with van der Waals surface area (Å²) in [5.74, 6) is 1.83. The van der Waals surface area contributed by atoms with Crippen LogP contribution in [0.4, 0.5) is 0 Å². The highest BCUT2D eigenvalue weighted by Gasteiger charge is 2.24. The van der Waals surface area contributed by atoms with E-state index < -0.39 is 5.97 Å². The van der Waals surface area contributed by atoms with Gasteiger partial charge in [-0.25, -0.2) is 9.97 Å². The number of aliphatic carboxylic acids is 1. The largest absolute Gasteiger partial charge is 0.497 e. The van der Waals surface area contributed by atoms with Crippen molar-refractivity contribution in [3.05, 3.63) is 71.5 Å². The second kappa shape index (κ2) is 12.3. The van der Waals surface area contributed by atoms with Gasteiger partial charge < -0.3 is 19.9 Å². The quantitative estimate of drug-likeness (QED) is 0.348. The van der Waals surface area contributed by atoms with Gasteiger partial charge in [0.2, 0.25) is 0 Å². The van der Waals surface area contributed by atoms with Crippen LogP contribution in [0.25, 0.3) is 11.4 Å². The van der Waals surface area contributed by atoms with E-state index in [0.717, 1.165) is 73.8 Å². The first kappa shape index (κ1) is 24.7. The highest BCUT2D eigenvalue weighted by Crippen LogP contribution is 2.37. The van der Waals surface area contributed by atoms with Gasteiger partial charge in [0.1, 0.15) is 11.5 Å². The first-order valence-corrected chi connectivity index (χ1v) is 12.3. The van der Waals surface area contributed by atoms with Crippen molar-refractivity contribution in [2.24, 2.45) is 0 Å². The van der Waals surface area contributed by atoms with E-state index in [1.165, 1.54) is 11.1 Å². The summed E-state index contributed by atoms with van der Waals surface area (Å²) in [7, 11) is 1.66. The second-order valence-electron chi connectivity index (χ2n) is 8.85. The van der Waals surface area contributed by atoms with Crippen LogP contribution in [0.2, 0.25) is 0 Å². The smallest absolute Gasteiger partial charge is 0.303 e. The van der Waals surface area contributed by atoms with Crippen LogP contribution >= 0.6 is 0 Å². The van der Waals surface area contributed by atoms with Crippen molar-refractivity contribution < 1.29 is 19.4 Å². The lowest BCUT2D eigenvalue weighted by molar-refractivity contribution is -0.137. The number of aromatic nitrogens is 2. The van der Waals surface area contributed by atoms with Gasteiger partial charge in [0.05, 0.1) is 20.1 Å². The molecule has 0 radical (unpaired) electrons. The lowest BCUT2D eigenvalue weighted by Gasteiger charge is -2.11. The zero-order valence-electron chi connectivity index (χ0n) is 20.2. The summed E-state index contributed by atoms with van der Waals surface area (Å²) >= 11 is 0. The Morgan fingerprint density at radius 3 is 2.69 bits per heavy atom. The Balaban J connectivity index is 1.12. The number of hydrogen-bond donors (Lipinski definition) is 2. The molecular weight excluding hydrogens is 442 g/mol. The topological polar surface area (TPSA) is 93.6 Å². The molecule has 0 spiro atoms. The number of hydrogen-bond acceptors (Lipinski definition) is 6. The number of aryl methyl sites for hydroxylation is 2. The van der Waals surface area contributed by atoms with Crippen molar-refractivity contribution in [3.63, 3.8) is 0 Å². The third-order valence-electron chi connectivity index (χ3n) is 6.35. The van der Waals surface area contributed by atoms with Crippen LogP contribution in [0.3, 0.4) is 0 Å². The maximum Gasteiger partial charge on any atom is 0.303 e. The van der Waals surface area contributed by atoms with E-state index in [2.05, 4.69) is 16.4 Å². The van der Waals surface area contributed by atoms with E-state index >= 15 is 0 Å². The summed E-state index contributed by atoms with van der Waals surface area (Å²) < 4.78 is 11.1. The minimum atomic E-state index is -0.731. The van der Waals surface area contributed by atoms with Crippen LogP contribution in [0.5, 0.6) is 11.5 Å². The van der Waals surface area contributed by atoms with Gasteiger partial charge in [0.15, 0.2) is 5.82 Å². The fourth-order valence-electron chi connectivity index (χ4n) is 4.52. The molecule has 1 aliphatic carbocycles. The molecule has 1 atom stereocenters. The fraction of sp³-hybridized carbons (Fsp3) is 0.393. The van der Waals surface area contributed by atoms with Crippen molar-refractivity contribution in [1.29, 1.82) is 0 Å². The monoisotopic (exact) mass is 475 g/mol. The molecule has 4 rings (SSSR count). The number of rotatable bonds is 13. The second-order valence-corrected chi connectivity index (χ2v) is 8.85. The van der Waals surface area contributed by atoms with Crippen LogP contribution in [0, 0.1) is 0 Å². The van der Waals surface area contributed by atoms with E-state index in [9.17, 15) is 4.79 Å². The van der Waals surface area contributed by atoms with E-state index in [1.807, 2.05) is 48.7 Å². The summed E-state index contributed by atoms with van der Waals surface area (Å²) in [6.45, 7) is 2.47. The highest BCUT2D eigenvalue weighted by molar-refractivity contribution is 5.68. The molecule has 184 valence electrons. The first-order valence-electron chi connectivity index (χ1n) is 12.3. The van der Waals surface area contributed by atoms with Gasteiger partial charge >= 0.3 is 5.97 Å². The Kier molecular flexibility index (Phi) is 8.68. The molecule has 1 aromatic heterocycles. The number of ether oxygens (including phenoxy) is 2. The summed E-state index contributed by atoms with van der Waals surface area (Å²) in [4.78, 5) is 20.1. The molecule has 0 aliphatic heterocycles. The maximum atomic E-state index is 11.0. The van der Waals surface area contributed by atoms with Crippen LogP contribution in [-0.4, -0.2) is 47.8 Å². The van der Waals surface area contributed by atoms with Gasteiger partial charge in [0, 0.05) is 17.5 Å². The minimum absolute atomic E-state index is 0.136. The van der Waals surface area contributed by atoms with Crippen LogP contribution in [0.1, 0.15) is 48.4 Å². The zero-order chi connectivity index (χ0) is 24.5. The molecule has 1 heterocycles. The van der Waals surface area contributed by atoms with Crippen molar-refractivity contribution in [2.45, 2.75) is 44.4 Å². The minimum Gasteiger partial charge on any atom is -0.497 e. The predicted molar refractivity (Wildman–Crippen MR) is 135 cm³/mol. The van der Waals surface area contributed by atoms with E-state index in [1.54, 1.807) is 7.11 Å². The molecule has 3 aromatic rings. The first-order chi connectivity index (χ1) is 17.1. The fourth-order valence-corrected chi connectivity index (χ4v) is 4.52. The molecule has 0 saturated heterocycles. The summed E-state index contributed by atoms with van der Waals surface area (Å²) in [5, 5.41) is 12.5. The molecule has 1 aliphatic rings. The van der Waals surface area contributed by atoms with Gasteiger partial charge in [-0.1, -0.05) is 6.07 Å². The number of benzene rings is 2. The van der Waals surface area contributed by atoms with E-state index in [4.69, 9.17) is 19.6 Å². The Hall–Kier alpha value is -3.45. The average Bonchev–Trinajstić information content (AvgIpc) is 3.27. The van der Waals surface area contributed by atoms with Crippen molar-refractivity contribution in [1.82, 2.24) is 15.3 Å². The third kappa shape index (κ3) is 7.02. The third-order valence-corrected chi connectivity index (χ3v) is 6.35. The molecule has 0 fully saturated rings. The molecular formula is C28H33N3O4. The normalized spacial score (nSPS) is 14.5. The molecule has 0 amide bonds. The lowest BCUT2D eigenvalue weighted by Crippen LogP contribution is -2.19. The lowest BCUT2D eigenvalue weighted by atomic mass is 9.98. The Bertz CT molecular complexity index is 1120. The van der Waals surface area contributed by atoms with Crippen molar-refractivity contribution in [2.75, 3.05) is 26.8 Å². The number of fused-ring (bicyclic) bond motifs is 1. The molecule has 0 bridgehead atoms. The van der Waals surface area contributed by atoms with Crippen LogP contribution < -0.4 is 14.8 Å². The number of nitrogens with zero attached hydrogens (tertiary/aromatic N) is 2. The zero-order valence-corrected chi connectivity index (χ0v) is 20.2. The van der Waals surface area contributed by atoms with Crippen LogP contribution in [0.15, 0.2) is 54.7 Å². The van der Waals surface area contributed by atoms with E-state index in [0.29, 0.717) is 6.61 Å². The van der Waals surface area contributed by atoms with Crippen molar-refractivity contribution >= 4 is 5.97 Å². The van der Waals surface area contributed by atoms with Gasteiger partial charge in [-0.15, -0.1) is 0 Å². The number of carboxylic acids is 1. The summed E-state index contributed by atoms with van der Waals surface area (Å²) in [5.41, 5.74) is 4.42. The number of carboxylic acid groups (broad SMARTS) is 1. The number of carbonyl (C=O) groups is 1. The SMILES string of the molecule is COc1ccc(-c2nccc(CCCNCCCOc3ccc4c(c3)CC[C@H]4CC(=O)O)n2)cc1. The molecule has 35 heavy (non-hydrogen) atoms. The predicted octanol–water partition coefficient (Wildman–Crippen LogP) is 4.65. The van der Waals surface area contributed by atoms with Crippen molar-refractivity contribution in [3.8, 4) is 22.9 Å². The van der Waals surface area contributed by atoms with Gasteiger partial charge in [-0.05, 0) is 105 Å². The average molecular weight is 476 g/mol. The highest BCUT2D eigenvalue weighted by atomic mass is 16.5. The number of methoxy groups -OCH3 is 1. The molecule has 0 saturated carbocycles. The van der Waals surface area contributed by atoms with E-state index in [-0.39, 0.29) is 12.3 Å². The Morgan fingerprint density at radius 1 is 1.09 bits per heavy atom. The molecule has 7 heteroatoms. The maximum absolute atomic E-state index is 11.0. The molecule has 0 unspecified atom stereocenters. The molecule has 2 aromatic carbocycles.